The fourth-order valence-electron chi connectivity index (χ4n) is 4.62. The van der Waals surface area contributed by atoms with Gasteiger partial charge in [-0.25, -0.2) is 8.78 Å². The van der Waals surface area contributed by atoms with E-state index in [1.165, 1.54) is 12.1 Å². The first-order valence-electron chi connectivity index (χ1n) is 10.8. The summed E-state index contributed by atoms with van der Waals surface area (Å²) in [5.41, 5.74) is 1.31. The van der Waals surface area contributed by atoms with E-state index in [1.54, 1.807) is 11.0 Å². The summed E-state index contributed by atoms with van der Waals surface area (Å²) in [6.07, 6.45) is 1.66. The van der Waals surface area contributed by atoms with Crippen LogP contribution in [0.5, 0.6) is 0 Å². The molecule has 1 atom stereocenters. The van der Waals surface area contributed by atoms with Crippen molar-refractivity contribution in [1.29, 1.82) is 0 Å². The van der Waals surface area contributed by atoms with Crippen LogP contribution in [0.1, 0.15) is 28.8 Å². The second-order valence-corrected chi connectivity index (χ2v) is 8.55. The van der Waals surface area contributed by atoms with Crippen molar-refractivity contribution >= 4 is 11.6 Å². The van der Waals surface area contributed by atoms with Crippen LogP contribution in [0, 0.1) is 17.0 Å². The first-order valence-corrected chi connectivity index (χ1v) is 10.8. The van der Waals surface area contributed by atoms with Gasteiger partial charge in [0, 0.05) is 48.9 Å². The van der Waals surface area contributed by atoms with Crippen LogP contribution in [-0.4, -0.2) is 61.9 Å². The number of piperidine rings is 1. The van der Waals surface area contributed by atoms with Gasteiger partial charge in [-0.05, 0) is 49.1 Å². The second-order valence-electron chi connectivity index (χ2n) is 8.55. The number of aliphatic hydroxyl groups is 1. The van der Waals surface area contributed by atoms with E-state index in [4.69, 9.17) is 4.74 Å². The molecule has 0 saturated carbocycles. The molecule has 4 rings (SSSR count). The van der Waals surface area contributed by atoms with E-state index < -0.39 is 17.0 Å². The van der Waals surface area contributed by atoms with Crippen molar-refractivity contribution < 1.29 is 23.4 Å². The van der Waals surface area contributed by atoms with E-state index in [1.807, 2.05) is 18.2 Å². The highest BCUT2D eigenvalue weighted by atomic mass is 19.1. The van der Waals surface area contributed by atoms with E-state index in [2.05, 4.69) is 4.90 Å². The van der Waals surface area contributed by atoms with Crippen LogP contribution < -0.4 is 4.90 Å². The maximum Gasteiger partial charge on any atom is 0.253 e. The monoisotopic (exact) mass is 430 g/mol. The highest BCUT2D eigenvalue weighted by molar-refractivity contribution is 5.95. The number of hydrogen-bond acceptors (Lipinski definition) is 4. The Morgan fingerprint density at radius 1 is 1.10 bits per heavy atom. The molecule has 2 heterocycles. The summed E-state index contributed by atoms with van der Waals surface area (Å²) in [6.45, 7) is 3.68. The molecule has 0 spiro atoms. The topological polar surface area (TPSA) is 53.0 Å². The van der Waals surface area contributed by atoms with Gasteiger partial charge in [-0.1, -0.05) is 12.1 Å². The van der Waals surface area contributed by atoms with Gasteiger partial charge in [-0.2, -0.15) is 0 Å². The Morgan fingerprint density at radius 2 is 1.90 bits per heavy atom. The summed E-state index contributed by atoms with van der Waals surface area (Å²) in [5, 5.41) is 10.2. The van der Waals surface area contributed by atoms with Gasteiger partial charge in [0.2, 0.25) is 0 Å². The Kier molecular flexibility index (Phi) is 6.53. The number of hydrogen-bond donors (Lipinski definition) is 1. The van der Waals surface area contributed by atoms with Crippen LogP contribution in [0.2, 0.25) is 0 Å². The second kappa shape index (κ2) is 9.32. The van der Waals surface area contributed by atoms with E-state index in [0.717, 1.165) is 31.3 Å². The number of likely N-dealkylation sites (tertiary alicyclic amines) is 1. The largest absolute Gasteiger partial charge is 0.396 e. The molecule has 2 aliphatic heterocycles. The molecular formula is C24H28F2N2O3. The molecule has 1 amide bonds. The first-order chi connectivity index (χ1) is 15.0. The van der Waals surface area contributed by atoms with Crippen molar-refractivity contribution in [1.82, 2.24) is 4.90 Å². The lowest BCUT2D eigenvalue weighted by molar-refractivity contribution is 0.0268. The zero-order valence-corrected chi connectivity index (χ0v) is 17.5. The fourth-order valence-corrected chi connectivity index (χ4v) is 4.62. The number of benzene rings is 2. The molecule has 2 aliphatic rings. The van der Waals surface area contributed by atoms with Gasteiger partial charge in [0.25, 0.3) is 5.91 Å². The molecule has 1 N–H and O–H groups in total. The highest BCUT2D eigenvalue weighted by Crippen LogP contribution is 2.35. The van der Waals surface area contributed by atoms with Crippen molar-refractivity contribution in [2.45, 2.75) is 19.3 Å². The molecular weight excluding hydrogens is 402 g/mol. The van der Waals surface area contributed by atoms with Gasteiger partial charge >= 0.3 is 0 Å². The molecule has 0 unspecified atom stereocenters. The van der Waals surface area contributed by atoms with E-state index in [-0.39, 0.29) is 18.9 Å². The lowest BCUT2D eigenvalue weighted by Crippen LogP contribution is -2.49. The third-order valence-electron chi connectivity index (χ3n) is 6.33. The van der Waals surface area contributed by atoms with Crippen molar-refractivity contribution in [2.24, 2.45) is 5.41 Å². The number of amides is 1. The third kappa shape index (κ3) is 4.88. The predicted octanol–water partition coefficient (Wildman–Crippen LogP) is 3.26. The summed E-state index contributed by atoms with van der Waals surface area (Å²) < 4.78 is 32.9. The smallest absolute Gasteiger partial charge is 0.253 e. The SMILES string of the molecule is O=C(c1cccc(N2CCOCC2)c1)N1CCC[C@](CO)(Cc2ccc(F)cc2F)C1. The van der Waals surface area contributed by atoms with Crippen molar-refractivity contribution in [3.8, 4) is 0 Å². The minimum absolute atomic E-state index is 0.0905. The van der Waals surface area contributed by atoms with Gasteiger partial charge in [-0.15, -0.1) is 0 Å². The first kappa shape index (κ1) is 21.7. The number of carbonyl (C=O) groups is 1. The minimum atomic E-state index is -0.644. The molecule has 0 aliphatic carbocycles. The standard InChI is InChI=1S/C24H28F2N2O3/c25-20-6-5-19(22(26)14-20)15-24(17-29)7-2-8-28(16-24)23(30)18-3-1-4-21(13-18)27-9-11-31-12-10-27/h1,3-6,13-14,29H,2,7-12,15-17H2/t24-/m0/s1. The Balaban J connectivity index is 1.51. The number of morpholine rings is 1. The van der Waals surface area contributed by atoms with Crippen LogP contribution in [0.3, 0.4) is 0 Å². The molecule has 166 valence electrons. The van der Waals surface area contributed by atoms with Gasteiger partial charge in [0.05, 0.1) is 19.8 Å². The fraction of sp³-hybridized carbons (Fsp3) is 0.458. The number of ether oxygens (including phenoxy) is 1. The normalized spacial score (nSPS) is 21.9. The number of nitrogens with zero attached hydrogens (tertiary/aromatic N) is 2. The van der Waals surface area contributed by atoms with Crippen LogP contribution >= 0.6 is 0 Å². The van der Waals surface area contributed by atoms with Crippen LogP contribution in [0.25, 0.3) is 0 Å². The summed E-state index contributed by atoms with van der Waals surface area (Å²) in [7, 11) is 0. The number of carbonyl (C=O) groups excluding carboxylic acids is 1. The average Bonchev–Trinajstić information content (AvgIpc) is 2.81. The van der Waals surface area contributed by atoms with Crippen LogP contribution in [-0.2, 0) is 11.2 Å². The molecule has 7 heteroatoms. The van der Waals surface area contributed by atoms with Crippen molar-refractivity contribution in [3.63, 3.8) is 0 Å². The van der Waals surface area contributed by atoms with Crippen molar-refractivity contribution in [2.75, 3.05) is 50.9 Å². The van der Waals surface area contributed by atoms with Gasteiger partial charge < -0.3 is 19.6 Å². The third-order valence-corrected chi connectivity index (χ3v) is 6.33. The average molecular weight is 430 g/mol. The summed E-state index contributed by atoms with van der Waals surface area (Å²) >= 11 is 0. The number of anilines is 1. The molecule has 0 bridgehead atoms. The van der Waals surface area contributed by atoms with Crippen LogP contribution in [0.4, 0.5) is 14.5 Å². The quantitative estimate of drug-likeness (QED) is 0.791. The van der Waals surface area contributed by atoms with Crippen LogP contribution in [0.15, 0.2) is 42.5 Å². The molecule has 0 radical (unpaired) electrons. The maximum absolute atomic E-state index is 14.2. The molecule has 0 aromatic heterocycles. The molecule has 2 aromatic rings. The molecule has 2 aromatic carbocycles. The maximum atomic E-state index is 14.2. The molecule has 2 saturated heterocycles. The lowest BCUT2D eigenvalue weighted by Gasteiger charge is -2.42. The minimum Gasteiger partial charge on any atom is -0.396 e. The Hall–Kier alpha value is -2.51. The van der Waals surface area contributed by atoms with E-state index >= 15 is 0 Å². The highest BCUT2D eigenvalue weighted by Gasteiger charge is 2.38. The van der Waals surface area contributed by atoms with E-state index in [0.29, 0.717) is 43.9 Å². The molecule has 5 nitrogen and oxygen atoms in total. The summed E-state index contributed by atoms with van der Waals surface area (Å²) in [5.74, 6) is -1.33. The molecule has 2 fully saturated rings. The number of aliphatic hydroxyl groups excluding tert-OH is 1. The zero-order valence-electron chi connectivity index (χ0n) is 17.5. The van der Waals surface area contributed by atoms with Gasteiger partial charge in [0.15, 0.2) is 0 Å². The zero-order chi connectivity index (χ0) is 21.8. The molecule has 31 heavy (non-hydrogen) atoms. The Labute approximate surface area is 181 Å². The van der Waals surface area contributed by atoms with E-state index in [9.17, 15) is 18.7 Å². The van der Waals surface area contributed by atoms with Gasteiger partial charge in [-0.3, -0.25) is 4.79 Å². The summed E-state index contributed by atoms with van der Waals surface area (Å²) in [6, 6.07) is 11.1. The van der Waals surface area contributed by atoms with Crippen molar-refractivity contribution in [3.05, 3.63) is 65.2 Å². The van der Waals surface area contributed by atoms with Gasteiger partial charge in [0.1, 0.15) is 11.6 Å². The Bertz CT molecular complexity index is 933. The summed E-state index contributed by atoms with van der Waals surface area (Å²) in [4.78, 5) is 17.2. The predicted molar refractivity (Wildman–Crippen MR) is 114 cm³/mol. The number of halogens is 2. The Morgan fingerprint density at radius 3 is 2.65 bits per heavy atom. The number of rotatable bonds is 5. The lowest BCUT2D eigenvalue weighted by atomic mass is 9.75.